The number of carbonyl (C=O) groups is 1. The summed E-state index contributed by atoms with van der Waals surface area (Å²) in [4.78, 5) is 23.0. The fraction of sp³-hybridized carbons (Fsp3) is 0.278. The summed E-state index contributed by atoms with van der Waals surface area (Å²) < 4.78 is 5.18. The minimum atomic E-state index is -0.0846. The Morgan fingerprint density at radius 1 is 1.35 bits per heavy atom. The number of carbonyl (C=O) groups excluding carboxylic acids is 1. The van der Waals surface area contributed by atoms with Gasteiger partial charge < -0.3 is 15.8 Å². The molecule has 3 rings (SSSR count). The lowest BCUT2D eigenvalue weighted by Crippen LogP contribution is -2.24. The largest absolute Gasteiger partial charge is 0.497 e. The minimum absolute atomic E-state index is 0.0846. The number of nitrogen functional groups attached to an aromatic ring is 1. The Morgan fingerprint density at radius 2 is 2.15 bits per heavy atom. The van der Waals surface area contributed by atoms with Crippen LogP contribution in [0.1, 0.15) is 16.0 Å². The zero-order chi connectivity index (χ0) is 18.7. The Morgan fingerprint density at radius 3 is 2.92 bits per heavy atom. The predicted octanol–water partition coefficient (Wildman–Crippen LogP) is 3.31. The van der Waals surface area contributed by atoms with Gasteiger partial charge in [-0.15, -0.1) is 11.3 Å². The van der Waals surface area contributed by atoms with Gasteiger partial charge in [-0.2, -0.15) is 0 Å². The van der Waals surface area contributed by atoms with Crippen LogP contribution < -0.4 is 15.8 Å². The number of rotatable bonds is 6. The van der Waals surface area contributed by atoms with E-state index in [1.807, 2.05) is 38.1 Å². The standard InChI is InChI=1S/C18H20N4O2S2/c1-10-11(2)26-17-15(10)16(19)21-18(22-17)25-9-14(23)20-8-12-5-4-6-13(7-12)24-3/h4-7H,8-9H2,1-3H3,(H,20,23)(H2,19,21,22). The quantitative estimate of drug-likeness (QED) is 0.497. The number of benzene rings is 1. The van der Waals surface area contributed by atoms with Crippen LogP contribution in [0, 0.1) is 13.8 Å². The van der Waals surface area contributed by atoms with Crippen LogP contribution in [0.2, 0.25) is 0 Å². The van der Waals surface area contributed by atoms with E-state index < -0.39 is 0 Å². The maximum absolute atomic E-state index is 12.1. The van der Waals surface area contributed by atoms with Gasteiger partial charge >= 0.3 is 0 Å². The lowest BCUT2D eigenvalue weighted by Gasteiger charge is -2.07. The highest BCUT2D eigenvalue weighted by Crippen LogP contribution is 2.33. The molecule has 0 unspecified atom stereocenters. The number of nitrogens with zero attached hydrogens (tertiary/aromatic N) is 2. The molecule has 6 nitrogen and oxygen atoms in total. The Balaban J connectivity index is 1.60. The van der Waals surface area contributed by atoms with Gasteiger partial charge in [0.05, 0.1) is 18.2 Å². The van der Waals surface area contributed by atoms with Crippen molar-refractivity contribution in [3.63, 3.8) is 0 Å². The van der Waals surface area contributed by atoms with E-state index in [1.54, 1.807) is 18.4 Å². The van der Waals surface area contributed by atoms with Crippen LogP contribution in [0.25, 0.3) is 10.2 Å². The number of fused-ring (bicyclic) bond motifs is 1. The zero-order valence-electron chi connectivity index (χ0n) is 14.8. The van der Waals surface area contributed by atoms with E-state index in [-0.39, 0.29) is 11.7 Å². The summed E-state index contributed by atoms with van der Waals surface area (Å²) in [5.74, 6) is 1.39. The molecule has 0 aliphatic heterocycles. The lowest BCUT2D eigenvalue weighted by atomic mass is 10.2. The summed E-state index contributed by atoms with van der Waals surface area (Å²) in [6.07, 6.45) is 0. The average molecular weight is 389 g/mol. The van der Waals surface area contributed by atoms with Gasteiger partial charge in [0.1, 0.15) is 16.4 Å². The van der Waals surface area contributed by atoms with E-state index in [4.69, 9.17) is 10.5 Å². The molecule has 2 aromatic heterocycles. The number of methoxy groups -OCH3 is 1. The Kier molecular flexibility index (Phi) is 5.63. The van der Waals surface area contributed by atoms with Crippen molar-refractivity contribution in [2.45, 2.75) is 25.5 Å². The van der Waals surface area contributed by atoms with Crippen molar-refractivity contribution in [1.29, 1.82) is 0 Å². The number of thioether (sulfide) groups is 1. The second kappa shape index (κ2) is 7.92. The third-order valence-electron chi connectivity index (χ3n) is 3.99. The number of thiophene rings is 1. The Hall–Kier alpha value is -2.32. The second-order valence-electron chi connectivity index (χ2n) is 5.77. The number of aryl methyl sites for hydroxylation is 2. The van der Waals surface area contributed by atoms with E-state index in [2.05, 4.69) is 15.3 Å². The number of anilines is 1. The van der Waals surface area contributed by atoms with Crippen molar-refractivity contribution in [1.82, 2.24) is 15.3 Å². The summed E-state index contributed by atoms with van der Waals surface area (Å²) in [5.41, 5.74) is 8.17. The summed E-state index contributed by atoms with van der Waals surface area (Å²) >= 11 is 2.88. The van der Waals surface area contributed by atoms with Crippen LogP contribution in [0.5, 0.6) is 5.75 Å². The first-order chi connectivity index (χ1) is 12.5. The van der Waals surface area contributed by atoms with Crippen LogP contribution in [0.3, 0.4) is 0 Å². The molecule has 1 amide bonds. The first-order valence-corrected chi connectivity index (χ1v) is 9.83. The maximum atomic E-state index is 12.1. The summed E-state index contributed by atoms with van der Waals surface area (Å²) in [6, 6.07) is 7.60. The molecule has 0 spiro atoms. The molecule has 136 valence electrons. The van der Waals surface area contributed by atoms with Crippen LogP contribution in [0.15, 0.2) is 29.4 Å². The number of amides is 1. The van der Waals surface area contributed by atoms with E-state index in [9.17, 15) is 4.79 Å². The van der Waals surface area contributed by atoms with E-state index in [0.29, 0.717) is 17.5 Å². The van der Waals surface area contributed by atoms with Gasteiger partial charge in [0.15, 0.2) is 5.16 Å². The van der Waals surface area contributed by atoms with Gasteiger partial charge in [-0.25, -0.2) is 9.97 Å². The summed E-state index contributed by atoms with van der Waals surface area (Å²) in [7, 11) is 1.62. The van der Waals surface area contributed by atoms with Gasteiger partial charge in [-0.05, 0) is 37.1 Å². The molecule has 3 aromatic rings. The third kappa shape index (κ3) is 4.08. The molecular weight excluding hydrogens is 368 g/mol. The van der Waals surface area contributed by atoms with Crippen LogP contribution in [-0.2, 0) is 11.3 Å². The smallest absolute Gasteiger partial charge is 0.230 e. The minimum Gasteiger partial charge on any atom is -0.497 e. The van der Waals surface area contributed by atoms with Gasteiger partial charge in [0, 0.05) is 11.4 Å². The fourth-order valence-corrected chi connectivity index (χ4v) is 4.26. The first-order valence-electron chi connectivity index (χ1n) is 8.03. The van der Waals surface area contributed by atoms with E-state index in [1.165, 1.54) is 16.6 Å². The molecule has 0 bridgehead atoms. The van der Waals surface area contributed by atoms with Crippen molar-refractivity contribution < 1.29 is 9.53 Å². The molecule has 1 aromatic carbocycles. The molecule has 3 N–H and O–H groups in total. The number of ether oxygens (including phenoxy) is 1. The molecule has 26 heavy (non-hydrogen) atoms. The number of aromatic nitrogens is 2. The molecule has 8 heteroatoms. The number of nitrogens with one attached hydrogen (secondary N) is 1. The molecule has 0 saturated carbocycles. The predicted molar refractivity (Wildman–Crippen MR) is 107 cm³/mol. The highest BCUT2D eigenvalue weighted by Gasteiger charge is 2.13. The van der Waals surface area contributed by atoms with Gasteiger partial charge in [0.25, 0.3) is 0 Å². The summed E-state index contributed by atoms with van der Waals surface area (Å²) in [5, 5.41) is 4.32. The maximum Gasteiger partial charge on any atom is 0.230 e. The molecule has 0 aliphatic rings. The Labute approximate surface area is 160 Å². The third-order valence-corrected chi connectivity index (χ3v) is 5.94. The highest BCUT2D eigenvalue weighted by atomic mass is 32.2. The first kappa shape index (κ1) is 18.5. The highest BCUT2D eigenvalue weighted by molar-refractivity contribution is 7.99. The molecule has 0 fully saturated rings. The van der Waals surface area contributed by atoms with Crippen LogP contribution in [-0.4, -0.2) is 28.7 Å². The van der Waals surface area contributed by atoms with Crippen LogP contribution >= 0.6 is 23.1 Å². The zero-order valence-corrected chi connectivity index (χ0v) is 16.5. The molecular formula is C18H20N4O2S2. The van der Waals surface area contributed by atoms with Gasteiger partial charge in [-0.1, -0.05) is 23.9 Å². The van der Waals surface area contributed by atoms with Gasteiger partial charge in [0.2, 0.25) is 5.91 Å². The second-order valence-corrected chi connectivity index (χ2v) is 7.92. The van der Waals surface area contributed by atoms with Crippen LogP contribution in [0.4, 0.5) is 5.82 Å². The van der Waals surface area contributed by atoms with Crippen molar-refractivity contribution >= 4 is 45.0 Å². The monoisotopic (exact) mass is 388 g/mol. The Bertz CT molecular complexity index is 956. The van der Waals surface area contributed by atoms with Crippen molar-refractivity contribution in [3.8, 4) is 5.75 Å². The fourth-order valence-electron chi connectivity index (χ4n) is 2.49. The molecule has 0 atom stereocenters. The molecule has 0 saturated heterocycles. The number of hydrogen-bond donors (Lipinski definition) is 2. The lowest BCUT2D eigenvalue weighted by molar-refractivity contribution is -0.118. The molecule has 0 aliphatic carbocycles. The number of hydrogen-bond acceptors (Lipinski definition) is 7. The molecule has 0 radical (unpaired) electrons. The average Bonchev–Trinajstić information content (AvgIpc) is 2.92. The van der Waals surface area contributed by atoms with Crippen molar-refractivity contribution in [2.24, 2.45) is 0 Å². The van der Waals surface area contributed by atoms with E-state index >= 15 is 0 Å². The topological polar surface area (TPSA) is 90.1 Å². The van der Waals surface area contributed by atoms with Crippen molar-refractivity contribution in [3.05, 3.63) is 40.3 Å². The SMILES string of the molecule is COc1cccc(CNC(=O)CSc2nc(N)c3c(C)c(C)sc3n2)c1. The van der Waals surface area contributed by atoms with Crippen molar-refractivity contribution in [2.75, 3.05) is 18.6 Å². The van der Waals surface area contributed by atoms with E-state index in [0.717, 1.165) is 27.1 Å². The normalized spacial score (nSPS) is 10.9. The number of nitrogens with two attached hydrogens (primary N) is 1. The van der Waals surface area contributed by atoms with Gasteiger partial charge in [-0.3, -0.25) is 4.79 Å². The summed E-state index contributed by atoms with van der Waals surface area (Å²) in [6.45, 7) is 4.51. The molecule has 2 heterocycles.